The fraction of sp³-hybridized carbons (Fsp3) is 0.600. The lowest BCUT2D eigenvalue weighted by molar-refractivity contribution is 0.0938. The van der Waals surface area contributed by atoms with Gasteiger partial charge in [-0.05, 0) is 30.5 Å². The van der Waals surface area contributed by atoms with Gasteiger partial charge in [-0.1, -0.05) is 33.6 Å². The molecular weight excluding hydrogens is 338 g/mol. The number of benzene rings is 1. The summed E-state index contributed by atoms with van der Waals surface area (Å²) in [6.07, 6.45) is 2.78. The maximum atomic E-state index is 6.39. The second-order valence-corrected chi connectivity index (χ2v) is 7.04. The molecule has 0 bridgehead atoms. The van der Waals surface area contributed by atoms with E-state index < -0.39 is 0 Å². The lowest BCUT2D eigenvalue weighted by Gasteiger charge is -2.39. The Balaban J connectivity index is 1.69. The standard InChI is InChI=1S/C15H21BrClN3/c16-11-1-4-13(14(17)9-11)15(10-18)20-7-5-19(6-8-20)12-2-3-12/h1,4,9,12,15H,2-3,5-8,10,18H2. The zero-order valence-electron chi connectivity index (χ0n) is 11.6. The van der Waals surface area contributed by atoms with E-state index in [2.05, 4.69) is 31.8 Å². The fourth-order valence-corrected chi connectivity index (χ4v) is 3.90. The Kier molecular flexibility index (Phi) is 4.68. The van der Waals surface area contributed by atoms with Gasteiger partial charge in [0.1, 0.15) is 0 Å². The number of rotatable bonds is 4. The number of piperazine rings is 1. The van der Waals surface area contributed by atoms with Gasteiger partial charge in [-0.15, -0.1) is 0 Å². The van der Waals surface area contributed by atoms with E-state index in [4.69, 9.17) is 17.3 Å². The third-order valence-electron chi connectivity index (χ3n) is 4.40. The molecule has 1 saturated carbocycles. The molecular formula is C15H21BrClN3. The van der Waals surface area contributed by atoms with Crippen molar-refractivity contribution in [2.75, 3.05) is 32.7 Å². The summed E-state index contributed by atoms with van der Waals surface area (Å²) in [7, 11) is 0. The van der Waals surface area contributed by atoms with Crippen molar-refractivity contribution in [1.29, 1.82) is 0 Å². The third-order valence-corrected chi connectivity index (χ3v) is 5.22. The van der Waals surface area contributed by atoms with Crippen LogP contribution in [-0.4, -0.2) is 48.6 Å². The van der Waals surface area contributed by atoms with Gasteiger partial charge in [0.15, 0.2) is 0 Å². The fourth-order valence-electron chi connectivity index (χ4n) is 3.10. The van der Waals surface area contributed by atoms with Crippen molar-refractivity contribution in [3.63, 3.8) is 0 Å². The Morgan fingerprint density at radius 3 is 2.50 bits per heavy atom. The number of halogens is 2. The molecule has 0 amide bonds. The van der Waals surface area contributed by atoms with Gasteiger partial charge in [-0.2, -0.15) is 0 Å². The molecule has 5 heteroatoms. The van der Waals surface area contributed by atoms with Crippen LogP contribution >= 0.6 is 27.5 Å². The molecule has 3 nitrogen and oxygen atoms in total. The molecule has 2 aliphatic rings. The molecule has 2 fully saturated rings. The predicted molar refractivity (Wildman–Crippen MR) is 87.1 cm³/mol. The molecule has 0 radical (unpaired) electrons. The van der Waals surface area contributed by atoms with Gasteiger partial charge in [0, 0.05) is 54.3 Å². The molecule has 1 unspecified atom stereocenters. The van der Waals surface area contributed by atoms with Crippen LogP contribution in [0, 0.1) is 0 Å². The molecule has 3 rings (SSSR count). The van der Waals surface area contributed by atoms with Crippen molar-refractivity contribution in [2.45, 2.75) is 24.9 Å². The quantitative estimate of drug-likeness (QED) is 0.898. The summed E-state index contributed by atoms with van der Waals surface area (Å²) in [6, 6.07) is 7.20. The number of hydrogen-bond donors (Lipinski definition) is 1. The molecule has 110 valence electrons. The first-order chi connectivity index (χ1) is 9.69. The lowest BCUT2D eigenvalue weighted by atomic mass is 10.0. The van der Waals surface area contributed by atoms with E-state index in [0.29, 0.717) is 6.54 Å². The van der Waals surface area contributed by atoms with Crippen LogP contribution in [0.25, 0.3) is 0 Å². The van der Waals surface area contributed by atoms with Gasteiger partial charge in [0.2, 0.25) is 0 Å². The number of hydrogen-bond acceptors (Lipinski definition) is 3. The minimum Gasteiger partial charge on any atom is -0.329 e. The van der Waals surface area contributed by atoms with E-state index in [0.717, 1.165) is 47.3 Å². The van der Waals surface area contributed by atoms with Crippen LogP contribution in [-0.2, 0) is 0 Å². The van der Waals surface area contributed by atoms with Gasteiger partial charge >= 0.3 is 0 Å². The smallest absolute Gasteiger partial charge is 0.0486 e. The van der Waals surface area contributed by atoms with Gasteiger partial charge in [-0.25, -0.2) is 0 Å². The first kappa shape index (κ1) is 14.8. The Hall–Kier alpha value is -0.130. The van der Waals surface area contributed by atoms with Crippen LogP contribution in [0.1, 0.15) is 24.4 Å². The zero-order valence-corrected chi connectivity index (χ0v) is 13.9. The number of nitrogens with zero attached hydrogens (tertiary/aromatic N) is 2. The van der Waals surface area contributed by atoms with Gasteiger partial charge in [-0.3, -0.25) is 9.80 Å². The molecule has 1 aliphatic heterocycles. The lowest BCUT2D eigenvalue weighted by Crippen LogP contribution is -2.49. The Labute approximate surface area is 134 Å². The highest BCUT2D eigenvalue weighted by Gasteiger charge is 2.33. The summed E-state index contributed by atoms with van der Waals surface area (Å²) in [5.74, 6) is 0. The molecule has 0 spiro atoms. The average Bonchev–Trinajstić information content (AvgIpc) is 3.27. The first-order valence-corrected chi connectivity index (χ1v) is 8.49. The molecule has 1 atom stereocenters. The normalized spacial score (nSPS) is 22.9. The molecule has 1 saturated heterocycles. The van der Waals surface area contributed by atoms with Crippen LogP contribution in [0.2, 0.25) is 5.02 Å². The van der Waals surface area contributed by atoms with Crippen molar-refractivity contribution < 1.29 is 0 Å². The molecule has 1 aliphatic carbocycles. The monoisotopic (exact) mass is 357 g/mol. The topological polar surface area (TPSA) is 32.5 Å². The summed E-state index contributed by atoms with van der Waals surface area (Å²) in [5, 5.41) is 0.805. The highest BCUT2D eigenvalue weighted by molar-refractivity contribution is 9.10. The molecule has 1 aromatic rings. The van der Waals surface area contributed by atoms with Crippen LogP contribution in [0.15, 0.2) is 22.7 Å². The molecule has 2 N–H and O–H groups in total. The van der Waals surface area contributed by atoms with Crippen molar-refractivity contribution in [1.82, 2.24) is 9.80 Å². The first-order valence-electron chi connectivity index (χ1n) is 7.32. The van der Waals surface area contributed by atoms with E-state index in [1.807, 2.05) is 12.1 Å². The summed E-state index contributed by atoms with van der Waals surface area (Å²) >= 11 is 9.85. The summed E-state index contributed by atoms with van der Waals surface area (Å²) in [6.45, 7) is 5.12. The Bertz CT molecular complexity index is 470. The minimum atomic E-state index is 0.233. The molecule has 1 aromatic carbocycles. The second kappa shape index (κ2) is 6.32. The highest BCUT2D eigenvalue weighted by Crippen LogP contribution is 2.32. The van der Waals surface area contributed by atoms with E-state index in [1.54, 1.807) is 0 Å². The molecule has 20 heavy (non-hydrogen) atoms. The minimum absolute atomic E-state index is 0.233. The molecule has 0 aromatic heterocycles. The summed E-state index contributed by atoms with van der Waals surface area (Å²) < 4.78 is 1.01. The zero-order chi connectivity index (χ0) is 14.1. The summed E-state index contributed by atoms with van der Waals surface area (Å²) in [5.41, 5.74) is 7.17. The van der Waals surface area contributed by atoms with Gasteiger partial charge in [0.05, 0.1) is 0 Å². The number of nitrogens with two attached hydrogens (primary N) is 1. The third kappa shape index (κ3) is 3.20. The SMILES string of the molecule is NCC(c1ccc(Br)cc1Cl)N1CCN(C2CC2)CC1. The Morgan fingerprint density at radius 2 is 1.95 bits per heavy atom. The maximum absolute atomic E-state index is 6.39. The van der Waals surface area contributed by atoms with Crippen LogP contribution < -0.4 is 5.73 Å². The predicted octanol–water partition coefficient (Wildman–Crippen LogP) is 2.88. The highest BCUT2D eigenvalue weighted by atomic mass is 79.9. The summed E-state index contributed by atoms with van der Waals surface area (Å²) in [4.78, 5) is 5.10. The maximum Gasteiger partial charge on any atom is 0.0486 e. The van der Waals surface area contributed by atoms with Crippen molar-refractivity contribution >= 4 is 27.5 Å². The van der Waals surface area contributed by atoms with Crippen molar-refractivity contribution in [3.8, 4) is 0 Å². The molecule has 1 heterocycles. The Morgan fingerprint density at radius 1 is 1.25 bits per heavy atom. The van der Waals surface area contributed by atoms with E-state index in [-0.39, 0.29) is 6.04 Å². The largest absolute Gasteiger partial charge is 0.329 e. The van der Waals surface area contributed by atoms with E-state index in [1.165, 1.54) is 12.8 Å². The van der Waals surface area contributed by atoms with E-state index >= 15 is 0 Å². The van der Waals surface area contributed by atoms with Gasteiger partial charge < -0.3 is 5.73 Å². The van der Waals surface area contributed by atoms with Crippen LogP contribution in [0.5, 0.6) is 0 Å². The van der Waals surface area contributed by atoms with Crippen molar-refractivity contribution in [2.24, 2.45) is 5.73 Å². The van der Waals surface area contributed by atoms with Gasteiger partial charge in [0.25, 0.3) is 0 Å². The van der Waals surface area contributed by atoms with E-state index in [9.17, 15) is 0 Å². The van der Waals surface area contributed by atoms with Crippen molar-refractivity contribution in [3.05, 3.63) is 33.3 Å². The van der Waals surface area contributed by atoms with Crippen LogP contribution in [0.4, 0.5) is 0 Å². The average molecular weight is 359 g/mol. The second-order valence-electron chi connectivity index (χ2n) is 5.72. The van der Waals surface area contributed by atoms with Crippen LogP contribution in [0.3, 0.4) is 0 Å².